The standard InChI is InChI=1S/C28H36FN2O2/c1-28(24-8-4-2-5-9-24,30-17-6-3-7-18-30)27(32)26-23-15-20-31(33-26,21-16-23)19-14-22-10-12-25(29)13-11-22/h2,4-5,8-13,23,26H,3,6-7,14-21H2,1H3/q+1/t23?,26-,28+,31?/m1/s1. The van der Waals surface area contributed by atoms with Crippen LogP contribution in [0.15, 0.2) is 54.6 Å². The molecule has 5 heteroatoms. The molecule has 0 aromatic heterocycles. The Bertz CT molecular complexity index is 950. The van der Waals surface area contributed by atoms with E-state index in [0.717, 1.165) is 76.0 Å². The van der Waals surface area contributed by atoms with Crippen molar-refractivity contribution < 1.29 is 18.7 Å². The maximum atomic E-state index is 14.3. The summed E-state index contributed by atoms with van der Waals surface area (Å²) < 4.78 is 13.9. The normalized spacial score (nSPS) is 29.5. The number of hydroxylamine groups is 3. The predicted octanol–water partition coefficient (Wildman–Crippen LogP) is 4.88. The number of nitrogens with zero attached hydrogens (tertiary/aromatic N) is 2. The SMILES string of the molecule is C[C@@](C(=O)[C@@H]1O[N+]2(CCc3ccc(F)cc3)CCC1CC2)(c1ccccc1)N1CCCCC1. The molecule has 2 aromatic rings. The molecule has 4 saturated heterocycles. The van der Waals surface area contributed by atoms with Gasteiger partial charge in [0, 0.05) is 25.2 Å². The molecule has 4 aliphatic rings. The lowest BCUT2D eigenvalue weighted by atomic mass is 9.76. The smallest absolute Gasteiger partial charge is 0.192 e. The first-order valence-electron chi connectivity index (χ1n) is 12.6. The highest BCUT2D eigenvalue weighted by Crippen LogP contribution is 2.42. The molecule has 4 aliphatic heterocycles. The molecule has 4 nitrogen and oxygen atoms in total. The molecule has 4 fully saturated rings. The van der Waals surface area contributed by atoms with Crippen LogP contribution in [0.2, 0.25) is 0 Å². The lowest BCUT2D eigenvalue weighted by molar-refractivity contribution is -1.12. The molecule has 0 unspecified atom stereocenters. The molecule has 0 saturated carbocycles. The first-order chi connectivity index (χ1) is 16.0. The fourth-order valence-electron chi connectivity index (χ4n) is 6.18. The van der Waals surface area contributed by atoms with Gasteiger partial charge in [-0.25, -0.2) is 4.39 Å². The summed E-state index contributed by atoms with van der Waals surface area (Å²) in [6, 6.07) is 17.1. The molecule has 4 heterocycles. The second-order valence-corrected chi connectivity index (χ2v) is 10.3. The van der Waals surface area contributed by atoms with E-state index in [-0.39, 0.29) is 17.7 Å². The Hall–Kier alpha value is -2.08. The molecule has 2 aromatic carbocycles. The van der Waals surface area contributed by atoms with Gasteiger partial charge in [-0.15, -0.1) is 0 Å². The largest absolute Gasteiger partial charge is 0.294 e. The number of carbonyl (C=O) groups is 1. The fraction of sp³-hybridized carbons (Fsp3) is 0.536. The average molecular weight is 452 g/mol. The Kier molecular flexibility index (Phi) is 6.39. The van der Waals surface area contributed by atoms with Gasteiger partial charge in [-0.1, -0.05) is 48.9 Å². The summed E-state index contributed by atoms with van der Waals surface area (Å²) in [5.41, 5.74) is 1.53. The molecule has 2 atom stereocenters. The number of hydrogen-bond acceptors (Lipinski definition) is 3. The molecule has 0 spiro atoms. The van der Waals surface area contributed by atoms with Gasteiger partial charge in [0.25, 0.3) is 0 Å². The van der Waals surface area contributed by atoms with Crippen molar-refractivity contribution in [3.8, 4) is 0 Å². The number of ketones is 1. The number of rotatable bonds is 7. The molecule has 6 rings (SSSR count). The van der Waals surface area contributed by atoms with Gasteiger partial charge in [0.05, 0.1) is 0 Å². The Morgan fingerprint density at radius 1 is 1.03 bits per heavy atom. The van der Waals surface area contributed by atoms with Crippen LogP contribution in [0.5, 0.6) is 0 Å². The third-order valence-electron chi connectivity index (χ3n) is 8.36. The molecule has 0 radical (unpaired) electrons. The Labute approximate surface area is 196 Å². The summed E-state index contributed by atoms with van der Waals surface area (Å²) in [4.78, 5) is 23.5. The first kappa shape index (κ1) is 22.7. The Morgan fingerprint density at radius 2 is 1.70 bits per heavy atom. The Balaban J connectivity index is 1.38. The minimum atomic E-state index is -0.661. The molecule has 0 amide bonds. The van der Waals surface area contributed by atoms with Gasteiger partial charge in [-0.2, -0.15) is 9.48 Å². The van der Waals surface area contributed by atoms with E-state index in [4.69, 9.17) is 4.84 Å². The van der Waals surface area contributed by atoms with Crippen LogP contribution in [0.1, 0.15) is 50.2 Å². The zero-order valence-corrected chi connectivity index (χ0v) is 19.7. The molecule has 176 valence electrons. The van der Waals surface area contributed by atoms with E-state index < -0.39 is 5.54 Å². The molecular formula is C28H36FN2O2+. The van der Waals surface area contributed by atoms with E-state index in [0.29, 0.717) is 10.6 Å². The number of piperidine rings is 2. The predicted molar refractivity (Wildman–Crippen MR) is 127 cm³/mol. The number of Topliss-reactive ketones (excluding diaryl/α,β-unsaturated/α-hetero) is 1. The Morgan fingerprint density at radius 3 is 2.36 bits per heavy atom. The fourth-order valence-corrected chi connectivity index (χ4v) is 6.18. The maximum Gasteiger partial charge on any atom is 0.192 e. The van der Waals surface area contributed by atoms with Gasteiger partial charge in [0.2, 0.25) is 0 Å². The van der Waals surface area contributed by atoms with Crippen molar-refractivity contribution in [3.05, 3.63) is 71.5 Å². The van der Waals surface area contributed by atoms with Crippen LogP contribution in [-0.4, -0.2) is 54.2 Å². The van der Waals surface area contributed by atoms with E-state index in [9.17, 15) is 9.18 Å². The van der Waals surface area contributed by atoms with Crippen LogP contribution in [0.25, 0.3) is 0 Å². The second kappa shape index (κ2) is 9.28. The van der Waals surface area contributed by atoms with Gasteiger partial charge in [0.15, 0.2) is 11.9 Å². The van der Waals surface area contributed by atoms with Crippen LogP contribution < -0.4 is 0 Å². The highest BCUT2D eigenvalue weighted by Gasteiger charge is 2.55. The zero-order valence-electron chi connectivity index (χ0n) is 19.7. The summed E-state index contributed by atoms with van der Waals surface area (Å²) in [7, 11) is 0. The first-order valence-corrected chi connectivity index (χ1v) is 12.6. The second-order valence-electron chi connectivity index (χ2n) is 10.3. The number of fused-ring (bicyclic) bond motifs is 3. The quantitative estimate of drug-likeness (QED) is 0.562. The minimum absolute atomic E-state index is 0.204. The van der Waals surface area contributed by atoms with Crippen LogP contribution in [0, 0.1) is 11.7 Å². The minimum Gasteiger partial charge on any atom is -0.294 e. The van der Waals surface area contributed by atoms with E-state index in [2.05, 4.69) is 24.0 Å². The van der Waals surface area contributed by atoms with Gasteiger partial charge in [0.1, 0.15) is 31.0 Å². The van der Waals surface area contributed by atoms with Crippen molar-refractivity contribution in [2.75, 3.05) is 32.7 Å². The van der Waals surface area contributed by atoms with Crippen molar-refractivity contribution in [3.63, 3.8) is 0 Å². The average Bonchev–Trinajstić information content (AvgIpc) is 2.89. The van der Waals surface area contributed by atoms with Crippen LogP contribution in [-0.2, 0) is 21.6 Å². The zero-order chi connectivity index (χ0) is 22.9. The molecular weight excluding hydrogens is 415 g/mol. The van der Waals surface area contributed by atoms with Crippen molar-refractivity contribution in [1.82, 2.24) is 4.90 Å². The highest BCUT2D eigenvalue weighted by atomic mass is 19.1. The van der Waals surface area contributed by atoms with E-state index >= 15 is 0 Å². The topological polar surface area (TPSA) is 29.5 Å². The number of carbonyl (C=O) groups excluding carboxylic acids is 1. The summed E-state index contributed by atoms with van der Waals surface area (Å²) in [5, 5.41) is 0. The summed E-state index contributed by atoms with van der Waals surface area (Å²) in [6.45, 7) is 6.79. The van der Waals surface area contributed by atoms with Crippen molar-refractivity contribution in [2.24, 2.45) is 5.92 Å². The van der Waals surface area contributed by atoms with Crippen molar-refractivity contribution >= 4 is 5.78 Å². The van der Waals surface area contributed by atoms with Gasteiger partial charge in [-0.3, -0.25) is 9.69 Å². The van der Waals surface area contributed by atoms with Crippen LogP contribution in [0.3, 0.4) is 0 Å². The molecule has 0 aliphatic carbocycles. The summed E-state index contributed by atoms with van der Waals surface area (Å²) in [6.07, 6.45) is 6.04. The number of hydrogen-bond donors (Lipinski definition) is 0. The summed E-state index contributed by atoms with van der Waals surface area (Å²) >= 11 is 0. The number of benzene rings is 2. The highest BCUT2D eigenvalue weighted by molar-refractivity contribution is 5.93. The van der Waals surface area contributed by atoms with Crippen molar-refractivity contribution in [1.29, 1.82) is 0 Å². The maximum absolute atomic E-state index is 14.3. The molecule has 0 N–H and O–H groups in total. The monoisotopic (exact) mass is 451 g/mol. The van der Waals surface area contributed by atoms with Gasteiger partial charge in [-0.05, 0) is 56.1 Å². The third-order valence-corrected chi connectivity index (χ3v) is 8.36. The molecule has 2 bridgehead atoms. The summed E-state index contributed by atoms with van der Waals surface area (Å²) in [5.74, 6) is 0.324. The number of quaternary nitrogens is 1. The van der Waals surface area contributed by atoms with Crippen LogP contribution in [0.4, 0.5) is 4.39 Å². The van der Waals surface area contributed by atoms with E-state index in [1.807, 2.05) is 30.3 Å². The van der Waals surface area contributed by atoms with E-state index in [1.165, 1.54) is 18.6 Å². The van der Waals surface area contributed by atoms with Gasteiger partial charge < -0.3 is 0 Å². The molecule has 33 heavy (non-hydrogen) atoms. The number of likely N-dealkylation sites (tertiary alicyclic amines) is 1. The third kappa shape index (κ3) is 4.39. The van der Waals surface area contributed by atoms with Gasteiger partial charge >= 0.3 is 0 Å². The van der Waals surface area contributed by atoms with Crippen LogP contribution >= 0.6 is 0 Å². The van der Waals surface area contributed by atoms with E-state index in [1.54, 1.807) is 0 Å². The lowest BCUT2D eigenvalue weighted by Gasteiger charge is -2.52. The van der Waals surface area contributed by atoms with Crippen molar-refractivity contribution in [2.45, 2.75) is 57.1 Å². The lowest BCUT2D eigenvalue weighted by Crippen LogP contribution is -2.67. The number of halogens is 1.